The highest BCUT2D eigenvalue weighted by Crippen LogP contribution is 2.25. The van der Waals surface area contributed by atoms with Gasteiger partial charge in [0.25, 0.3) is 5.56 Å². The molecule has 1 aliphatic heterocycles. The molecule has 4 nitrogen and oxygen atoms in total. The van der Waals surface area contributed by atoms with Crippen LogP contribution < -0.4 is 10.5 Å². The minimum atomic E-state index is 0.0372. The number of hydrogen-bond acceptors (Lipinski definition) is 3. The van der Waals surface area contributed by atoms with Crippen LogP contribution in [-0.2, 0) is 11.8 Å². The molecule has 0 spiro atoms. The molecule has 3 rings (SSSR count). The molecule has 2 aromatic rings. The molecule has 1 fully saturated rings. The SMILES string of the molecule is Cn1c(=O)cc(N2CCOCC2)c2ccccc21. The standard InChI is InChI=1S/C14H16N2O2/c1-15-12-5-3-2-4-11(12)13(10-14(15)17)16-6-8-18-9-7-16/h2-5,10H,6-9H2,1H3. The van der Waals surface area contributed by atoms with Crippen LogP contribution in [0.5, 0.6) is 0 Å². The first-order valence-electron chi connectivity index (χ1n) is 6.19. The molecule has 1 aliphatic rings. The number of rotatable bonds is 1. The Balaban J connectivity index is 2.22. The Hall–Kier alpha value is -1.81. The molecule has 0 atom stereocenters. The summed E-state index contributed by atoms with van der Waals surface area (Å²) >= 11 is 0. The summed E-state index contributed by atoms with van der Waals surface area (Å²) in [5.74, 6) is 0. The van der Waals surface area contributed by atoms with Crippen molar-refractivity contribution in [2.45, 2.75) is 0 Å². The lowest BCUT2D eigenvalue weighted by Gasteiger charge is -2.30. The zero-order valence-electron chi connectivity index (χ0n) is 10.4. The molecular formula is C14H16N2O2. The average Bonchev–Trinajstić information content (AvgIpc) is 2.44. The third-order valence-corrected chi connectivity index (χ3v) is 3.48. The van der Waals surface area contributed by atoms with Crippen LogP contribution in [0.4, 0.5) is 5.69 Å². The minimum absolute atomic E-state index is 0.0372. The van der Waals surface area contributed by atoms with Crippen LogP contribution in [0.3, 0.4) is 0 Å². The second kappa shape index (κ2) is 4.46. The molecule has 0 bridgehead atoms. The summed E-state index contributed by atoms with van der Waals surface area (Å²) in [6, 6.07) is 9.76. The average molecular weight is 244 g/mol. The lowest BCUT2D eigenvalue weighted by Crippen LogP contribution is -2.37. The highest BCUT2D eigenvalue weighted by atomic mass is 16.5. The summed E-state index contributed by atoms with van der Waals surface area (Å²) in [4.78, 5) is 14.2. The van der Waals surface area contributed by atoms with Crippen molar-refractivity contribution < 1.29 is 4.74 Å². The maximum atomic E-state index is 12.0. The summed E-state index contributed by atoms with van der Waals surface area (Å²) in [5.41, 5.74) is 2.04. The van der Waals surface area contributed by atoms with Gasteiger partial charge in [-0.2, -0.15) is 0 Å². The number of morpholine rings is 1. The lowest BCUT2D eigenvalue weighted by atomic mass is 10.1. The van der Waals surface area contributed by atoms with Gasteiger partial charge in [0.05, 0.1) is 24.4 Å². The van der Waals surface area contributed by atoms with E-state index in [2.05, 4.69) is 11.0 Å². The Morgan fingerprint density at radius 2 is 1.89 bits per heavy atom. The van der Waals surface area contributed by atoms with Crippen molar-refractivity contribution >= 4 is 16.6 Å². The quantitative estimate of drug-likeness (QED) is 0.760. The number of anilines is 1. The van der Waals surface area contributed by atoms with Crippen LogP contribution in [-0.4, -0.2) is 30.9 Å². The van der Waals surface area contributed by atoms with E-state index in [1.54, 1.807) is 10.6 Å². The van der Waals surface area contributed by atoms with E-state index in [1.165, 1.54) is 0 Å². The number of nitrogens with zero attached hydrogens (tertiary/aromatic N) is 2. The highest BCUT2D eigenvalue weighted by molar-refractivity contribution is 5.91. The van der Waals surface area contributed by atoms with E-state index >= 15 is 0 Å². The Labute approximate surface area is 105 Å². The molecule has 1 saturated heterocycles. The van der Waals surface area contributed by atoms with Crippen molar-refractivity contribution in [1.29, 1.82) is 0 Å². The van der Waals surface area contributed by atoms with Crippen LogP contribution in [0, 0.1) is 0 Å². The number of aryl methyl sites for hydroxylation is 1. The van der Waals surface area contributed by atoms with Gasteiger partial charge in [-0.3, -0.25) is 4.79 Å². The van der Waals surface area contributed by atoms with Crippen molar-refractivity contribution in [3.8, 4) is 0 Å². The molecule has 94 valence electrons. The van der Waals surface area contributed by atoms with E-state index in [1.807, 2.05) is 25.2 Å². The Morgan fingerprint density at radius 3 is 2.67 bits per heavy atom. The largest absolute Gasteiger partial charge is 0.378 e. The molecule has 0 N–H and O–H groups in total. The highest BCUT2D eigenvalue weighted by Gasteiger charge is 2.15. The number of benzene rings is 1. The van der Waals surface area contributed by atoms with Gasteiger partial charge in [0.1, 0.15) is 0 Å². The lowest BCUT2D eigenvalue weighted by molar-refractivity contribution is 0.123. The van der Waals surface area contributed by atoms with E-state index in [4.69, 9.17) is 4.74 Å². The number of aromatic nitrogens is 1. The molecule has 0 saturated carbocycles. The Morgan fingerprint density at radius 1 is 1.17 bits per heavy atom. The predicted octanol–water partition coefficient (Wildman–Crippen LogP) is 1.38. The van der Waals surface area contributed by atoms with Crippen LogP contribution in [0.25, 0.3) is 10.9 Å². The second-order valence-corrected chi connectivity index (χ2v) is 4.54. The summed E-state index contributed by atoms with van der Waals surface area (Å²) in [5, 5.41) is 1.13. The van der Waals surface area contributed by atoms with Crippen molar-refractivity contribution in [2.75, 3.05) is 31.2 Å². The van der Waals surface area contributed by atoms with Crippen molar-refractivity contribution in [1.82, 2.24) is 4.57 Å². The maximum Gasteiger partial charge on any atom is 0.252 e. The smallest absolute Gasteiger partial charge is 0.252 e. The Kier molecular flexibility index (Phi) is 2.80. The van der Waals surface area contributed by atoms with Gasteiger partial charge < -0.3 is 14.2 Å². The van der Waals surface area contributed by atoms with Gasteiger partial charge >= 0.3 is 0 Å². The Bertz CT molecular complexity index is 627. The van der Waals surface area contributed by atoms with Crippen molar-refractivity contribution in [3.05, 3.63) is 40.7 Å². The van der Waals surface area contributed by atoms with Crippen LogP contribution in [0.15, 0.2) is 35.1 Å². The molecule has 18 heavy (non-hydrogen) atoms. The maximum absolute atomic E-state index is 12.0. The van der Waals surface area contributed by atoms with Gasteiger partial charge in [0.15, 0.2) is 0 Å². The molecule has 0 unspecified atom stereocenters. The number of hydrogen-bond donors (Lipinski definition) is 0. The zero-order valence-corrected chi connectivity index (χ0v) is 10.4. The fraction of sp³-hybridized carbons (Fsp3) is 0.357. The van der Waals surface area contributed by atoms with Crippen LogP contribution in [0.1, 0.15) is 0 Å². The predicted molar refractivity (Wildman–Crippen MR) is 72.2 cm³/mol. The zero-order chi connectivity index (χ0) is 12.5. The molecule has 2 heterocycles. The first-order valence-corrected chi connectivity index (χ1v) is 6.19. The van der Waals surface area contributed by atoms with Gasteiger partial charge in [-0.25, -0.2) is 0 Å². The summed E-state index contributed by atoms with van der Waals surface area (Å²) < 4.78 is 7.06. The van der Waals surface area contributed by atoms with Crippen molar-refractivity contribution in [3.63, 3.8) is 0 Å². The van der Waals surface area contributed by atoms with E-state index in [9.17, 15) is 4.79 Å². The molecule has 4 heteroatoms. The van der Waals surface area contributed by atoms with E-state index in [-0.39, 0.29) is 5.56 Å². The first-order chi connectivity index (χ1) is 8.77. The number of pyridine rings is 1. The molecule has 1 aromatic heterocycles. The van der Waals surface area contributed by atoms with Gasteiger partial charge in [-0.15, -0.1) is 0 Å². The second-order valence-electron chi connectivity index (χ2n) is 4.54. The normalized spacial score (nSPS) is 16.2. The summed E-state index contributed by atoms with van der Waals surface area (Å²) in [7, 11) is 1.81. The molecule has 1 aromatic carbocycles. The summed E-state index contributed by atoms with van der Waals surface area (Å²) in [6.45, 7) is 3.14. The van der Waals surface area contributed by atoms with E-state index in [0.29, 0.717) is 0 Å². The fourth-order valence-electron chi connectivity index (χ4n) is 2.46. The first kappa shape index (κ1) is 11.3. The van der Waals surface area contributed by atoms with Gasteiger partial charge in [0.2, 0.25) is 0 Å². The molecular weight excluding hydrogens is 228 g/mol. The van der Waals surface area contributed by atoms with Crippen LogP contribution in [0.2, 0.25) is 0 Å². The van der Waals surface area contributed by atoms with E-state index in [0.717, 1.165) is 42.9 Å². The monoisotopic (exact) mass is 244 g/mol. The van der Waals surface area contributed by atoms with Gasteiger partial charge in [0, 0.05) is 31.6 Å². The third kappa shape index (κ3) is 1.78. The topological polar surface area (TPSA) is 34.5 Å². The molecule has 0 aliphatic carbocycles. The van der Waals surface area contributed by atoms with Crippen molar-refractivity contribution in [2.24, 2.45) is 7.05 Å². The molecule has 0 radical (unpaired) electrons. The summed E-state index contributed by atoms with van der Waals surface area (Å²) in [6.07, 6.45) is 0. The van der Waals surface area contributed by atoms with Gasteiger partial charge in [-0.05, 0) is 6.07 Å². The van der Waals surface area contributed by atoms with E-state index < -0.39 is 0 Å². The fourth-order valence-corrected chi connectivity index (χ4v) is 2.46. The number of ether oxygens (including phenoxy) is 1. The number of fused-ring (bicyclic) bond motifs is 1. The minimum Gasteiger partial charge on any atom is -0.378 e. The number of para-hydroxylation sites is 1. The van der Waals surface area contributed by atoms with Crippen LogP contribution >= 0.6 is 0 Å². The third-order valence-electron chi connectivity index (χ3n) is 3.48. The molecule has 0 amide bonds. The van der Waals surface area contributed by atoms with Gasteiger partial charge in [-0.1, -0.05) is 18.2 Å².